The Hall–Kier alpha value is -0.343. The molecule has 0 amide bonds. The minimum Gasteiger partial charge on any atom is -0.320 e. The predicted octanol–water partition coefficient (Wildman–Crippen LogP) is 2.52. The van der Waals surface area contributed by atoms with Crippen LogP contribution in [0.25, 0.3) is 0 Å². The molecule has 0 atom stereocenters. The first kappa shape index (κ1) is 9.22. The van der Waals surface area contributed by atoms with Gasteiger partial charge in [-0.3, -0.25) is 0 Å². The molecule has 1 nitrogen and oxygen atoms in total. The third-order valence-corrected chi connectivity index (χ3v) is 6.94. The average Bonchev–Trinajstić information content (AvgIpc) is 2.78. The second-order valence-corrected chi connectivity index (χ2v) is 8.74. The molecule has 0 N–H and O–H groups in total. The van der Waals surface area contributed by atoms with Crippen molar-refractivity contribution in [1.29, 1.82) is 0 Å². The van der Waals surface area contributed by atoms with Crippen LogP contribution >= 0.6 is 0 Å². The monoisotopic (exact) mass is 192 g/mol. The van der Waals surface area contributed by atoms with Crippen LogP contribution < -0.4 is 0 Å². The fourth-order valence-electron chi connectivity index (χ4n) is 2.27. The topological polar surface area (TPSA) is 3.24 Å². The van der Waals surface area contributed by atoms with E-state index in [1.54, 1.807) is 0 Å². The van der Waals surface area contributed by atoms with Crippen molar-refractivity contribution in [3.05, 3.63) is 23.4 Å². The molecule has 0 spiro atoms. The summed E-state index contributed by atoms with van der Waals surface area (Å²) < 4.78 is 2.71. The SMILES string of the molecule is C[Si](C)(C1=[C]CC=C1)N1CCCC1. The molecule has 2 aliphatic rings. The summed E-state index contributed by atoms with van der Waals surface area (Å²) in [5.74, 6) is 0. The molecule has 0 aromatic rings. The Morgan fingerprint density at radius 3 is 2.54 bits per heavy atom. The van der Waals surface area contributed by atoms with Crippen molar-refractivity contribution in [3.63, 3.8) is 0 Å². The number of allylic oxidation sites excluding steroid dienone is 4. The third-order valence-electron chi connectivity index (χ3n) is 3.25. The molecule has 1 aliphatic heterocycles. The molecule has 0 aromatic carbocycles. The summed E-state index contributed by atoms with van der Waals surface area (Å²) >= 11 is 0. The minimum absolute atomic E-state index is 1.04. The highest BCUT2D eigenvalue weighted by Gasteiger charge is 2.34. The lowest BCUT2D eigenvalue weighted by Crippen LogP contribution is -2.48. The fourth-order valence-corrected chi connectivity index (χ4v) is 5.11. The molecule has 2 rings (SSSR count). The number of nitrogens with zero attached hydrogens (tertiary/aromatic N) is 1. The van der Waals surface area contributed by atoms with E-state index in [2.05, 4.69) is 35.9 Å². The Labute approximate surface area is 82.2 Å². The minimum atomic E-state index is -1.29. The van der Waals surface area contributed by atoms with E-state index in [9.17, 15) is 0 Å². The second kappa shape index (κ2) is 3.43. The lowest BCUT2D eigenvalue weighted by Gasteiger charge is -2.33. The maximum Gasteiger partial charge on any atom is 0.154 e. The van der Waals surface area contributed by atoms with Crippen molar-refractivity contribution in [3.8, 4) is 0 Å². The van der Waals surface area contributed by atoms with Gasteiger partial charge in [0.15, 0.2) is 8.24 Å². The highest BCUT2D eigenvalue weighted by Crippen LogP contribution is 2.27. The van der Waals surface area contributed by atoms with E-state index >= 15 is 0 Å². The lowest BCUT2D eigenvalue weighted by molar-refractivity contribution is 0.526. The molecule has 0 bridgehead atoms. The smallest absolute Gasteiger partial charge is 0.154 e. The van der Waals surface area contributed by atoms with Crippen molar-refractivity contribution in [1.82, 2.24) is 4.57 Å². The number of hydrogen-bond donors (Lipinski definition) is 0. The van der Waals surface area contributed by atoms with Gasteiger partial charge in [-0.15, -0.1) is 0 Å². The summed E-state index contributed by atoms with van der Waals surface area (Å²) in [5.41, 5.74) is 0. The summed E-state index contributed by atoms with van der Waals surface area (Å²) in [6, 6.07) is 0. The van der Waals surface area contributed by atoms with Crippen LogP contribution in [0.1, 0.15) is 19.3 Å². The van der Waals surface area contributed by atoms with E-state index in [0.717, 1.165) is 6.42 Å². The van der Waals surface area contributed by atoms with Crippen molar-refractivity contribution in [2.75, 3.05) is 13.1 Å². The van der Waals surface area contributed by atoms with Crippen molar-refractivity contribution < 1.29 is 0 Å². The van der Waals surface area contributed by atoms with Gasteiger partial charge in [0.25, 0.3) is 0 Å². The van der Waals surface area contributed by atoms with Gasteiger partial charge in [0, 0.05) is 0 Å². The highest BCUT2D eigenvalue weighted by atomic mass is 28.3. The molecule has 1 fully saturated rings. The van der Waals surface area contributed by atoms with Gasteiger partial charge in [-0.2, -0.15) is 0 Å². The second-order valence-electron chi connectivity index (χ2n) is 4.45. The number of rotatable bonds is 2. The fraction of sp³-hybridized carbons (Fsp3) is 0.636. The Kier molecular flexibility index (Phi) is 2.43. The molecule has 1 saturated heterocycles. The summed E-state index contributed by atoms with van der Waals surface area (Å²) in [4.78, 5) is 0. The molecule has 2 heteroatoms. The summed E-state index contributed by atoms with van der Waals surface area (Å²) in [6.07, 6.45) is 11.9. The predicted molar refractivity (Wildman–Crippen MR) is 58.8 cm³/mol. The average molecular weight is 192 g/mol. The summed E-state index contributed by atoms with van der Waals surface area (Å²) in [5, 5.41) is 1.52. The van der Waals surface area contributed by atoms with E-state index in [0.29, 0.717) is 0 Å². The Balaban J connectivity index is 2.13. The molecule has 1 radical (unpaired) electrons. The molecule has 1 aliphatic carbocycles. The van der Waals surface area contributed by atoms with Crippen LogP contribution in [-0.2, 0) is 0 Å². The van der Waals surface area contributed by atoms with Crippen LogP contribution in [0.4, 0.5) is 0 Å². The van der Waals surface area contributed by atoms with Crippen molar-refractivity contribution in [2.24, 2.45) is 0 Å². The molecule has 0 aromatic heterocycles. The van der Waals surface area contributed by atoms with Gasteiger partial charge in [0.1, 0.15) is 0 Å². The van der Waals surface area contributed by atoms with E-state index < -0.39 is 8.24 Å². The maximum atomic E-state index is 3.50. The van der Waals surface area contributed by atoms with Crippen LogP contribution in [-0.4, -0.2) is 25.9 Å². The Bertz CT molecular complexity index is 247. The quantitative estimate of drug-likeness (QED) is 0.608. The highest BCUT2D eigenvalue weighted by molar-refractivity contribution is 6.82. The summed E-state index contributed by atoms with van der Waals surface area (Å²) in [6.45, 7) is 7.54. The van der Waals surface area contributed by atoms with Gasteiger partial charge in [-0.05, 0) is 43.6 Å². The molecule has 0 saturated carbocycles. The Morgan fingerprint density at radius 2 is 2.00 bits per heavy atom. The van der Waals surface area contributed by atoms with Gasteiger partial charge >= 0.3 is 0 Å². The van der Waals surface area contributed by atoms with E-state index in [-0.39, 0.29) is 0 Å². The normalized spacial score (nSPS) is 24.0. The zero-order valence-corrected chi connectivity index (χ0v) is 9.64. The first-order valence-corrected chi connectivity index (χ1v) is 8.19. The molecule has 0 unspecified atom stereocenters. The van der Waals surface area contributed by atoms with Crippen LogP contribution in [0.15, 0.2) is 17.3 Å². The van der Waals surface area contributed by atoms with Crippen molar-refractivity contribution >= 4 is 8.24 Å². The van der Waals surface area contributed by atoms with Crippen LogP contribution in [0, 0.1) is 6.08 Å². The van der Waals surface area contributed by atoms with Gasteiger partial charge in [-0.25, -0.2) is 0 Å². The van der Waals surface area contributed by atoms with Gasteiger partial charge < -0.3 is 4.57 Å². The van der Waals surface area contributed by atoms with E-state index in [4.69, 9.17) is 0 Å². The van der Waals surface area contributed by atoms with Gasteiger partial charge in [0.05, 0.1) is 0 Å². The number of hydrogen-bond acceptors (Lipinski definition) is 1. The zero-order chi connectivity index (χ0) is 9.31. The van der Waals surface area contributed by atoms with Gasteiger partial charge in [0.2, 0.25) is 0 Å². The van der Waals surface area contributed by atoms with E-state index in [1.807, 2.05) is 0 Å². The first-order chi connectivity index (χ1) is 6.21. The van der Waals surface area contributed by atoms with E-state index in [1.165, 1.54) is 31.1 Å². The third kappa shape index (κ3) is 1.65. The van der Waals surface area contributed by atoms with Gasteiger partial charge in [-0.1, -0.05) is 25.2 Å². The Morgan fingerprint density at radius 1 is 1.31 bits per heavy atom. The van der Waals surface area contributed by atoms with Crippen LogP contribution in [0.3, 0.4) is 0 Å². The first-order valence-electron chi connectivity index (χ1n) is 5.24. The molecule has 13 heavy (non-hydrogen) atoms. The zero-order valence-electron chi connectivity index (χ0n) is 8.64. The van der Waals surface area contributed by atoms with Crippen LogP contribution in [0.2, 0.25) is 13.1 Å². The maximum absolute atomic E-state index is 3.50. The molecular formula is C11H18NSi. The molecule has 71 valence electrons. The largest absolute Gasteiger partial charge is 0.320 e. The van der Waals surface area contributed by atoms with Crippen molar-refractivity contribution in [2.45, 2.75) is 32.4 Å². The van der Waals surface area contributed by atoms with Crippen LogP contribution in [0.5, 0.6) is 0 Å². The molecule has 1 heterocycles. The molecular weight excluding hydrogens is 174 g/mol. The standard InChI is InChI=1S/C11H18NSi/c1-13(2,11-7-3-4-8-11)12-9-5-6-10-12/h3,7H,4-6,9-10H2,1-2H3. The summed E-state index contributed by atoms with van der Waals surface area (Å²) in [7, 11) is -1.29. The lowest BCUT2D eigenvalue weighted by atomic mass is 10.4.